The lowest BCUT2D eigenvalue weighted by atomic mass is 10.2. The molecular weight excluding hydrogens is 373 g/mol. The van der Waals surface area contributed by atoms with Gasteiger partial charge in [0, 0.05) is 0 Å². The number of ether oxygens (including phenoxy) is 2. The van der Waals surface area contributed by atoms with Crippen molar-refractivity contribution in [1.82, 2.24) is 0 Å². The van der Waals surface area contributed by atoms with Crippen LogP contribution in [0, 0.1) is 5.82 Å². The summed E-state index contributed by atoms with van der Waals surface area (Å²) in [4.78, 5) is 15.2. The van der Waals surface area contributed by atoms with Gasteiger partial charge in [-0.3, -0.25) is 4.79 Å². The second kappa shape index (κ2) is 10.2. The summed E-state index contributed by atoms with van der Waals surface area (Å²) in [6, 6.07) is 13.6. The second-order valence-corrected chi connectivity index (χ2v) is 7.37. The Hall–Kier alpha value is -2.64. The van der Waals surface area contributed by atoms with Crippen molar-refractivity contribution < 1.29 is 28.5 Å². The van der Waals surface area contributed by atoms with Crippen LogP contribution in [0.4, 0.5) is 10.1 Å². The molecular formula is C22H30FN3O3+2. The number of anilines is 1. The molecule has 29 heavy (non-hydrogen) atoms. The number of amides is 1. The highest BCUT2D eigenvalue weighted by molar-refractivity contribution is 5.93. The van der Waals surface area contributed by atoms with Crippen molar-refractivity contribution in [2.45, 2.75) is 13.0 Å². The normalized spacial score (nSPS) is 20.0. The molecule has 3 N–H and O–H groups in total. The molecule has 6 nitrogen and oxygen atoms in total. The largest absolute Gasteiger partial charge is 0.497 e. The van der Waals surface area contributed by atoms with Crippen molar-refractivity contribution in [1.29, 1.82) is 0 Å². The maximum Gasteiger partial charge on any atom is 0.282 e. The van der Waals surface area contributed by atoms with Crippen molar-refractivity contribution in [3.8, 4) is 11.5 Å². The van der Waals surface area contributed by atoms with Crippen LogP contribution in [0.5, 0.6) is 11.5 Å². The number of benzene rings is 2. The zero-order valence-electron chi connectivity index (χ0n) is 17.0. The fourth-order valence-electron chi connectivity index (χ4n) is 3.58. The van der Waals surface area contributed by atoms with E-state index in [0.29, 0.717) is 6.61 Å². The number of methoxy groups -OCH3 is 1. The van der Waals surface area contributed by atoms with Crippen molar-refractivity contribution in [3.63, 3.8) is 0 Å². The second-order valence-electron chi connectivity index (χ2n) is 7.37. The molecule has 0 spiro atoms. The minimum absolute atomic E-state index is 0.142. The first-order chi connectivity index (χ1) is 14.1. The molecule has 1 heterocycles. The minimum atomic E-state index is -0.408. The fourth-order valence-corrected chi connectivity index (χ4v) is 3.58. The van der Waals surface area contributed by atoms with Gasteiger partial charge in [-0.2, -0.15) is 0 Å². The van der Waals surface area contributed by atoms with E-state index in [1.54, 1.807) is 25.3 Å². The Labute approximate surface area is 171 Å². The maximum atomic E-state index is 13.7. The minimum Gasteiger partial charge on any atom is -0.497 e. The number of rotatable bonds is 8. The van der Waals surface area contributed by atoms with Gasteiger partial charge in [-0.05, 0) is 43.3 Å². The Morgan fingerprint density at radius 1 is 1.07 bits per heavy atom. The molecule has 3 rings (SSSR count). The van der Waals surface area contributed by atoms with E-state index >= 15 is 0 Å². The smallest absolute Gasteiger partial charge is 0.282 e. The van der Waals surface area contributed by atoms with E-state index in [0.717, 1.165) is 44.2 Å². The van der Waals surface area contributed by atoms with Gasteiger partial charge in [0.1, 0.15) is 56.6 Å². The average Bonchev–Trinajstić information content (AvgIpc) is 2.76. The van der Waals surface area contributed by atoms with E-state index in [2.05, 4.69) is 5.32 Å². The molecule has 1 fully saturated rings. The molecule has 1 amide bonds. The number of piperazine rings is 1. The highest BCUT2D eigenvalue weighted by atomic mass is 19.1. The van der Waals surface area contributed by atoms with E-state index in [9.17, 15) is 9.18 Å². The number of hydrogen-bond donors (Lipinski definition) is 3. The van der Waals surface area contributed by atoms with E-state index in [-0.39, 0.29) is 17.6 Å². The van der Waals surface area contributed by atoms with E-state index in [1.165, 1.54) is 15.9 Å². The summed E-state index contributed by atoms with van der Waals surface area (Å²) < 4.78 is 24.7. The molecule has 7 heteroatoms. The van der Waals surface area contributed by atoms with E-state index in [1.807, 2.05) is 31.2 Å². The van der Waals surface area contributed by atoms with Crippen LogP contribution in [0.3, 0.4) is 0 Å². The van der Waals surface area contributed by atoms with Gasteiger partial charge < -0.3 is 24.6 Å². The summed E-state index contributed by atoms with van der Waals surface area (Å²) >= 11 is 0. The molecule has 1 aliphatic rings. The van der Waals surface area contributed by atoms with Crippen molar-refractivity contribution in [2.24, 2.45) is 0 Å². The van der Waals surface area contributed by atoms with Crippen molar-refractivity contribution in [2.75, 3.05) is 51.8 Å². The van der Waals surface area contributed by atoms with Crippen LogP contribution in [-0.4, -0.2) is 58.4 Å². The predicted molar refractivity (Wildman–Crippen MR) is 109 cm³/mol. The van der Waals surface area contributed by atoms with Crippen molar-refractivity contribution >= 4 is 11.6 Å². The summed E-state index contributed by atoms with van der Waals surface area (Å²) in [6.07, 6.45) is 0. The molecule has 0 unspecified atom stereocenters. The third-order valence-electron chi connectivity index (χ3n) is 5.52. The molecule has 0 radical (unpaired) electrons. The molecule has 1 aliphatic heterocycles. The first-order valence-corrected chi connectivity index (χ1v) is 10.1. The number of carbonyl (C=O) groups is 1. The third kappa shape index (κ3) is 5.92. The van der Waals surface area contributed by atoms with Gasteiger partial charge in [0.25, 0.3) is 5.91 Å². The summed E-state index contributed by atoms with van der Waals surface area (Å²) in [6.45, 7) is 7.27. The lowest BCUT2D eigenvalue weighted by Crippen LogP contribution is -3.30. The van der Waals surface area contributed by atoms with Crippen LogP contribution < -0.4 is 24.6 Å². The standard InChI is InChI=1S/C22H28FN3O3/c1-17(22(27)24-21-6-4-3-5-20(21)23)26-13-11-25(12-14-26)15-16-29-19-9-7-18(28-2)8-10-19/h3-10,17H,11-16H2,1-2H3,(H,24,27)/p+2/t17-/m0/s1. The van der Waals surface area contributed by atoms with Crippen molar-refractivity contribution in [3.05, 3.63) is 54.3 Å². The quantitative estimate of drug-likeness (QED) is 0.583. The lowest BCUT2D eigenvalue weighted by Gasteiger charge is -2.32. The Kier molecular flexibility index (Phi) is 7.43. The Morgan fingerprint density at radius 2 is 1.72 bits per heavy atom. The molecule has 156 valence electrons. The predicted octanol–water partition coefficient (Wildman–Crippen LogP) is 0.0237. The van der Waals surface area contributed by atoms with Gasteiger partial charge >= 0.3 is 0 Å². The van der Waals surface area contributed by atoms with Gasteiger partial charge in [-0.15, -0.1) is 0 Å². The SMILES string of the molecule is COc1ccc(OCC[NH+]2CC[NH+]([C@@H](C)C(=O)Nc3ccccc3F)CC2)cc1. The molecule has 2 aromatic carbocycles. The lowest BCUT2D eigenvalue weighted by molar-refractivity contribution is -1.02. The number of para-hydroxylation sites is 1. The molecule has 2 aromatic rings. The summed E-state index contributed by atoms with van der Waals surface area (Å²) in [7, 11) is 1.64. The first-order valence-electron chi connectivity index (χ1n) is 10.1. The van der Waals surface area contributed by atoms with E-state index in [4.69, 9.17) is 9.47 Å². The molecule has 0 aromatic heterocycles. The maximum absolute atomic E-state index is 13.7. The Bertz CT molecular complexity index is 792. The molecule has 1 saturated heterocycles. The van der Waals surface area contributed by atoms with Crippen LogP contribution in [0.25, 0.3) is 0 Å². The highest BCUT2D eigenvalue weighted by Crippen LogP contribution is 2.16. The molecule has 0 saturated carbocycles. The Morgan fingerprint density at radius 3 is 2.38 bits per heavy atom. The van der Waals surface area contributed by atoms with Crippen LogP contribution in [0.2, 0.25) is 0 Å². The number of hydrogen-bond acceptors (Lipinski definition) is 3. The monoisotopic (exact) mass is 403 g/mol. The zero-order chi connectivity index (χ0) is 20.6. The van der Waals surface area contributed by atoms with Crippen LogP contribution in [-0.2, 0) is 4.79 Å². The van der Waals surface area contributed by atoms with Gasteiger partial charge in [0.15, 0.2) is 6.04 Å². The summed E-state index contributed by atoms with van der Waals surface area (Å²) in [5.74, 6) is 1.11. The average molecular weight is 403 g/mol. The summed E-state index contributed by atoms with van der Waals surface area (Å²) in [5, 5.41) is 2.71. The van der Waals surface area contributed by atoms with Crippen LogP contribution in [0.1, 0.15) is 6.92 Å². The topological polar surface area (TPSA) is 56.4 Å². The summed E-state index contributed by atoms with van der Waals surface area (Å²) in [5.41, 5.74) is 0.240. The zero-order valence-corrected chi connectivity index (χ0v) is 17.0. The van der Waals surface area contributed by atoms with Crippen LogP contribution in [0.15, 0.2) is 48.5 Å². The van der Waals surface area contributed by atoms with Gasteiger partial charge in [0.05, 0.1) is 12.8 Å². The van der Waals surface area contributed by atoms with Crippen LogP contribution >= 0.6 is 0 Å². The van der Waals surface area contributed by atoms with E-state index < -0.39 is 5.82 Å². The number of quaternary nitrogens is 2. The number of nitrogens with one attached hydrogen (secondary N) is 3. The third-order valence-corrected chi connectivity index (χ3v) is 5.52. The highest BCUT2D eigenvalue weighted by Gasteiger charge is 2.31. The molecule has 1 atom stereocenters. The number of carbonyl (C=O) groups excluding carboxylic acids is 1. The first kappa shape index (κ1) is 21.1. The molecule has 0 bridgehead atoms. The van der Waals surface area contributed by atoms with Gasteiger partial charge in [-0.1, -0.05) is 12.1 Å². The molecule has 0 aliphatic carbocycles. The fraction of sp³-hybridized carbons (Fsp3) is 0.409. The van der Waals surface area contributed by atoms with Gasteiger partial charge in [-0.25, -0.2) is 4.39 Å². The number of halogens is 1. The Balaban J connectivity index is 1.39. The van der Waals surface area contributed by atoms with Gasteiger partial charge in [0.2, 0.25) is 0 Å².